The molecule has 0 saturated carbocycles. The van der Waals surface area contributed by atoms with Crippen LogP contribution in [0.15, 0.2) is 66.7 Å². The van der Waals surface area contributed by atoms with Gasteiger partial charge >= 0.3 is 0 Å². The predicted octanol–water partition coefficient (Wildman–Crippen LogP) is 4.87. The van der Waals surface area contributed by atoms with E-state index in [-0.39, 0.29) is 5.78 Å². The van der Waals surface area contributed by atoms with E-state index in [0.29, 0.717) is 16.1 Å². The SMILES string of the molecule is Nc1c(C(=O)c2ccc3ccccc3c2)sc2ccccc12. The van der Waals surface area contributed by atoms with Crippen molar-refractivity contribution in [3.8, 4) is 0 Å². The Morgan fingerprint density at radius 3 is 2.41 bits per heavy atom. The summed E-state index contributed by atoms with van der Waals surface area (Å²) in [5, 5.41) is 3.15. The molecular formula is C19H13NOS. The van der Waals surface area contributed by atoms with Crippen LogP contribution in [0.3, 0.4) is 0 Å². The van der Waals surface area contributed by atoms with Crippen LogP contribution < -0.4 is 5.73 Å². The van der Waals surface area contributed by atoms with Gasteiger partial charge in [-0.3, -0.25) is 4.79 Å². The maximum Gasteiger partial charge on any atom is 0.205 e. The largest absolute Gasteiger partial charge is 0.397 e. The maximum atomic E-state index is 12.8. The Morgan fingerprint density at radius 2 is 1.59 bits per heavy atom. The number of nitrogen functional groups attached to an aromatic ring is 1. The molecule has 0 aliphatic heterocycles. The highest BCUT2D eigenvalue weighted by Crippen LogP contribution is 2.35. The summed E-state index contributed by atoms with van der Waals surface area (Å²) in [5.41, 5.74) is 7.44. The molecule has 3 aromatic carbocycles. The van der Waals surface area contributed by atoms with E-state index in [2.05, 4.69) is 0 Å². The van der Waals surface area contributed by atoms with E-state index in [4.69, 9.17) is 5.73 Å². The van der Waals surface area contributed by atoms with Gasteiger partial charge in [0.25, 0.3) is 0 Å². The smallest absolute Gasteiger partial charge is 0.205 e. The number of carbonyl (C=O) groups excluding carboxylic acids is 1. The Morgan fingerprint density at radius 1 is 0.864 bits per heavy atom. The standard InChI is InChI=1S/C19H13NOS/c20-17-15-7-3-4-8-16(15)22-19(17)18(21)14-10-9-12-5-1-2-6-13(12)11-14/h1-11H,20H2. The van der Waals surface area contributed by atoms with Crippen LogP contribution in [0, 0.1) is 0 Å². The normalized spacial score (nSPS) is 11.1. The van der Waals surface area contributed by atoms with E-state index in [1.54, 1.807) is 0 Å². The lowest BCUT2D eigenvalue weighted by atomic mass is 10.0. The minimum Gasteiger partial charge on any atom is -0.397 e. The van der Waals surface area contributed by atoms with Crippen LogP contribution in [0.2, 0.25) is 0 Å². The summed E-state index contributed by atoms with van der Waals surface area (Å²) >= 11 is 1.46. The van der Waals surface area contributed by atoms with Crippen LogP contribution in [0.25, 0.3) is 20.9 Å². The minimum atomic E-state index is -0.00977. The summed E-state index contributed by atoms with van der Waals surface area (Å²) in [4.78, 5) is 13.4. The van der Waals surface area contributed by atoms with Crippen molar-refractivity contribution in [1.29, 1.82) is 0 Å². The Labute approximate surface area is 131 Å². The third-order valence-corrected chi connectivity index (χ3v) is 5.04. The van der Waals surface area contributed by atoms with Crippen molar-refractivity contribution < 1.29 is 4.79 Å². The van der Waals surface area contributed by atoms with E-state index in [1.165, 1.54) is 11.3 Å². The molecule has 0 saturated heterocycles. The molecule has 106 valence electrons. The highest BCUT2D eigenvalue weighted by atomic mass is 32.1. The summed E-state index contributed by atoms with van der Waals surface area (Å²) in [6, 6.07) is 21.7. The average Bonchev–Trinajstić information content (AvgIpc) is 2.91. The second-order valence-corrected chi connectivity index (χ2v) is 6.28. The number of anilines is 1. The zero-order chi connectivity index (χ0) is 15.1. The lowest BCUT2D eigenvalue weighted by Crippen LogP contribution is -2.01. The second kappa shape index (κ2) is 4.97. The van der Waals surface area contributed by atoms with Crippen molar-refractivity contribution in [3.63, 3.8) is 0 Å². The molecule has 4 aromatic rings. The van der Waals surface area contributed by atoms with Crippen LogP contribution in [0.1, 0.15) is 15.2 Å². The topological polar surface area (TPSA) is 43.1 Å². The second-order valence-electron chi connectivity index (χ2n) is 5.23. The number of benzene rings is 3. The van der Waals surface area contributed by atoms with Crippen molar-refractivity contribution in [2.24, 2.45) is 0 Å². The van der Waals surface area contributed by atoms with Crippen LogP contribution in [-0.2, 0) is 0 Å². The molecule has 1 heterocycles. The molecule has 2 nitrogen and oxygen atoms in total. The maximum absolute atomic E-state index is 12.8. The van der Waals surface area contributed by atoms with Gasteiger partial charge in [-0.1, -0.05) is 54.6 Å². The summed E-state index contributed by atoms with van der Waals surface area (Å²) in [6.07, 6.45) is 0. The van der Waals surface area contributed by atoms with Gasteiger partial charge in [0.2, 0.25) is 5.78 Å². The first-order valence-corrected chi connectivity index (χ1v) is 7.86. The monoisotopic (exact) mass is 303 g/mol. The number of ketones is 1. The van der Waals surface area contributed by atoms with Gasteiger partial charge in [0.1, 0.15) is 0 Å². The third kappa shape index (κ3) is 1.98. The van der Waals surface area contributed by atoms with E-state index in [1.807, 2.05) is 66.7 Å². The summed E-state index contributed by atoms with van der Waals surface area (Å²) in [7, 11) is 0. The molecule has 3 heteroatoms. The molecule has 1 aromatic heterocycles. The third-order valence-electron chi connectivity index (χ3n) is 3.85. The Bertz CT molecular complexity index is 1020. The first-order chi connectivity index (χ1) is 10.7. The van der Waals surface area contributed by atoms with E-state index >= 15 is 0 Å². The minimum absolute atomic E-state index is 0.00977. The van der Waals surface area contributed by atoms with Crippen LogP contribution in [0.4, 0.5) is 5.69 Å². The van der Waals surface area contributed by atoms with Crippen molar-refractivity contribution in [3.05, 3.63) is 77.2 Å². The van der Waals surface area contributed by atoms with Crippen molar-refractivity contribution in [2.75, 3.05) is 5.73 Å². The average molecular weight is 303 g/mol. The fourth-order valence-corrected chi connectivity index (χ4v) is 3.78. The number of nitrogens with two attached hydrogens (primary N) is 1. The number of thiophene rings is 1. The van der Waals surface area contributed by atoms with Gasteiger partial charge in [-0.15, -0.1) is 11.3 Å². The predicted molar refractivity (Wildman–Crippen MR) is 93.6 cm³/mol. The lowest BCUT2D eigenvalue weighted by molar-refractivity contribution is 0.104. The number of hydrogen-bond acceptors (Lipinski definition) is 3. The van der Waals surface area contributed by atoms with Gasteiger partial charge in [0.05, 0.1) is 10.6 Å². The molecular weight excluding hydrogens is 290 g/mol. The number of hydrogen-bond donors (Lipinski definition) is 1. The van der Waals surface area contributed by atoms with E-state index in [9.17, 15) is 4.79 Å². The zero-order valence-corrected chi connectivity index (χ0v) is 12.6. The van der Waals surface area contributed by atoms with Gasteiger partial charge in [0.15, 0.2) is 0 Å². The molecule has 0 atom stereocenters. The van der Waals surface area contributed by atoms with Crippen molar-refractivity contribution in [2.45, 2.75) is 0 Å². The number of fused-ring (bicyclic) bond motifs is 2. The van der Waals surface area contributed by atoms with Crippen molar-refractivity contribution in [1.82, 2.24) is 0 Å². The molecule has 4 rings (SSSR count). The molecule has 0 aliphatic carbocycles. The zero-order valence-electron chi connectivity index (χ0n) is 11.7. The van der Waals surface area contributed by atoms with Gasteiger partial charge in [0, 0.05) is 15.6 Å². The van der Waals surface area contributed by atoms with E-state index in [0.717, 1.165) is 20.9 Å². The molecule has 0 spiro atoms. The van der Waals surface area contributed by atoms with Gasteiger partial charge in [-0.25, -0.2) is 0 Å². The molecule has 0 unspecified atom stereocenters. The quantitative estimate of drug-likeness (QED) is 0.537. The van der Waals surface area contributed by atoms with E-state index < -0.39 is 0 Å². The fraction of sp³-hybridized carbons (Fsp3) is 0. The molecule has 2 N–H and O–H groups in total. The summed E-state index contributed by atoms with van der Waals surface area (Å²) < 4.78 is 1.05. The molecule has 0 radical (unpaired) electrons. The molecule has 0 aliphatic rings. The molecule has 0 fully saturated rings. The highest BCUT2D eigenvalue weighted by Gasteiger charge is 2.17. The Hall–Kier alpha value is -2.65. The fourth-order valence-electron chi connectivity index (χ4n) is 2.70. The van der Waals surface area contributed by atoms with Crippen LogP contribution in [-0.4, -0.2) is 5.78 Å². The number of rotatable bonds is 2. The summed E-state index contributed by atoms with van der Waals surface area (Å²) in [6.45, 7) is 0. The van der Waals surface area contributed by atoms with Crippen LogP contribution in [0.5, 0.6) is 0 Å². The molecule has 22 heavy (non-hydrogen) atoms. The van der Waals surface area contributed by atoms with Gasteiger partial charge in [-0.05, 0) is 22.9 Å². The van der Waals surface area contributed by atoms with Gasteiger partial charge in [-0.2, -0.15) is 0 Å². The highest BCUT2D eigenvalue weighted by molar-refractivity contribution is 7.21. The number of carbonyl (C=O) groups is 1. The Balaban J connectivity index is 1.86. The molecule has 0 amide bonds. The van der Waals surface area contributed by atoms with Crippen molar-refractivity contribution >= 4 is 43.7 Å². The van der Waals surface area contributed by atoms with Crippen LogP contribution >= 0.6 is 11.3 Å². The summed E-state index contributed by atoms with van der Waals surface area (Å²) in [5.74, 6) is -0.00977. The first kappa shape index (κ1) is 13.0. The lowest BCUT2D eigenvalue weighted by Gasteiger charge is -2.03. The first-order valence-electron chi connectivity index (χ1n) is 7.04. The molecule has 0 bridgehead atoms. The van der Waals surface area contributed by atoms with Gasteiger partial charge < -0.3 is 5.73 Å². The Kier molecular flexibility index (Phi) is 2.94.